The number of piperazine rings is 1. The lowest BCUT2D eigenvalue weighted by atomic mass is 10.2. The van der Waals surface area contributed by atoms with Crippen LogP contribution in [0.15, 0.2) is 16.7 Å². The van der Waals surface area contributed by atoms with Gasteiger partial charge in [-0.25, -0.2) is 9.78 Å². The second-order valence-corrected chi connectivity index (χ2v) is 8.27. The second-order valence-electron chi connectivity index (χ2n) is 7.35. The number of carbonyl (C=O) groups excluding carboxylic acids is 1. The van der Waals surface area contributed by atoms with E-state index in [0.29, 0.717) is 6.04 Å². The van der Waals surface area contributed by atoms with Gasteiger partial charge in [0.05, 0.1) is 5.69 Å². The van der Waals surface area contributed by atoms with Gasteiger partial charge in [-0.15, -0.1) is 0 Å². The fourth-order valence-electron chi connectivity index (χ4n) is 3.95. The number of rotatable bonds is 5. The number of nitrogens with one attached hydrogen (secondary N) is 1. The summed E-state index contributed by atoms with van der Waals surface area (Å²) in [5.41, 5.74) is 0.783. The Hall–Kier alpha value is -1.38. The Kier molecular flexibility index (Phi) is 6.94. The summed E-state index contributed by atoms with van der Waals surface area (Å²) in [4.78, 5) is 26.4. The van der Waals surface area contributed by atoms with E-state index < -0.39 is 0 Å². The summed E-state index contributed by atoms with van der Waals surface area (Å²) < 4.78 is 0.873. The number of amides is 2. The summed E-state index contributed by atoms with van der Waals surface area (Å²) >= 11 is 3.49. The van der Waals surface area contributed by atoms with Gasteiger partial charge in [0.25, 0.3) is 0 Å². The molecule has 2 saturated heterocycles. The van der Waals surface area contributed by atoms with Crippen LogP contribution in [-0.4, -0.2) is 91.2 Å². The lowest BCUT2D eigenvalue weighted by Gasteiger charge is -2.34. The van der Waals surface area contributed by atoms with Crippen LogP contribution in [0.2, 0.25) is 0 Å². The number of nitrogens with zero attached hydrogens (tertiary/aromatic N) is 5. The Morgan fingerprint density at radius 1 is 1.26 bits per heavy atom. The van der Waals surface area contributed by atoms with Crippen molar-refractivity contribution in [2.24, 2.45) is 0 Å². The maximum atomic E-state index is 12.9. The van der Waals surface area contributed by atoms with Gasteiger partial charge in [0.2, 0.25) is 0 Å². The minimum Gasteiger partial charge on any atom is -0.352 e. The lowest BCUT2D eigenvalue weighted by molar-refractivity contribution is 0.202. The molecule has 150 valence electrons. The van der Waals surface area contributed by atoms with Gasteiger partial charge in [0.15, 0.2) is 5.82 Å². The van der Waals surface area contributed by atoms with E-state index in [2.05, 4.69) is 61.8 Å². The molecule has 1 unspecified atom stereocenters. The molecule has 1 atom stereocenters. The summed E-state index contributed by atoms with van der Waals surface area (Å²) in [7, 11) is 2.13. The molecule has 2 fully saturated rings. The average molecular weight is 439 g/mol. The van der Waals surface area contributed by atoms with Crippen molar-refractivity contribution in [3.05, 3.63) is 16.7 Å². The minimum atomic E-state index is -0.0278. The smallest absolute Gasteiger partial charge is 0.322 e. The van der Waals surface area contributed by atoms with Crippen LogP contribution in [0.1, 0.15) is 20.3 Å². The highest BCUT2D eigenvalue weighted by Crippen LogP contribution is 2.28. The Morgan fingerprint density at radius 3 is 2.63 bits per heavy atom. The molecule has 3 rings (SSSR count). The largest absolute Gasteiger partial charge is 0.352 e. The third-order valence-corrected chi connectivity index (χ3v) is 6.09. The summed E-state index contributed by atoms with van der Waals surface area (Å²) in [6, 6.07) is 2.39. The van der Waals surface area contributed by atoms with Crippen LogP contribution < -0.4 is 10.2 Å². The van der Waals surface area contributed by atoms with Gasteiger partial charge in [-0.3, -0.25) is 4.90 Å². The third kappa shape index (κ3) is 4.92. The van der Waals surface area contributed by atoms with Crippen LogP contribution >= 0.6 is 15.9 Å². The normalized spacial score (nSPS) is 21.1. The highest BCUT2D eigenvalue weighted by atomic mass is 79.9. The number of anilines is 2. The first-order valence-electron chi connectivity index (χ1n) is 9.90. The molecular formula is C19H31BrN6O. The molecule has 1 aromatic heterocycles. The maximum absolute atomic E-state index is 12.9. The Morgan fingerprint density at radius 2 is 1.96 bits per heavy atom. The highest BCUT2D eigenvalue weighted by Gasteiger charge is 2.30. The molecule has 0 aliphatic carbocycles. The number of likely N-dealkylation sites (tertiary alicyclic amines) is 1. The molecule has 0 spiro atoms. The summed E-state index contributed by atoms with van der Waals surface area (Å²) in [5, 5.41) is 3.12. The SMILES string of the molecule is CCN(CC)C1CCN(C(=O)Nc2cc(Br)cnc2N2CCN(C)CC2)C1. The second kappa shape index (κ2) is 9.21. The topological polar surface area (TPSA) is 55.0 Å². The predicted molar refractivity (Wildman–Crippen MR) is 114 cm³/mol. The van der Waals surface area contributed by atoms with E-state index in [9.17, 15) is 4.79 Å². The lowest BCUT2D eigenvalue weighted by Crippen LogP contribution is -2.45. The monoisotopic (exact) mass is 438 g/mol. The van der Waals surface area contributed by atoms with Crippen molar-refractivity contribution in [3.63, 3.8) is 0 Å². The van der Waals surface area contributed by atoms with Crippen molar-refractivity contribution >= 4 is 33.5 Å². The summed E-state index contributed by atoms with van der Waals surface area (Å²) in [5.74, 6) is 0.860. The Labute approximate surface area is 170 Å². The van der Waals surface area contributed by atoms with Gasteiger partial charge in [-0.1, -0.05) is 13.8 Å². The number of urea groups is 1. The van der Waals surface area contributed by atoms with Crippen LogP contribution in [0.4, 0.5) is 16.3 Å². The molecule has 2 aliphatic rings. The van der Waals surface area contributed by atoms with Gasteiger partial charge in [0, 0.05) is 56.0 Å². The molecule has 7 nitrogen and oxygen atoms in total. The van der Waals surface area contributed by atoms with E-state index in [4.69, 9.17) is 0 Å². The van der Waals surface area contributed by atoms with Crippen molar-refractivity contribution in [1.82, 2.24) is 19.7 Å². The van der Waals surface area contributed by atoms with Crippen LogP contribution in [0.5, 0.6) is 0 Å². The van der Waals surface area contributed by atoms with Crippen molar-refractivity contribution in [3.8, 4) is 0 Å². The van der Waals surface area contributed by atoms with Gasteiger partial charge in [-0.2, -0.15) is 0 Å². The number of pyridine rings is 1. The van der Waals surface area contributed by atoms with E-state index >= 15 is 0 Å². The molecule has 1 aromatic rings. The molecular weight excluding hydrogens is 408 g/mol. The zero-order valence-corrected chi connectivity index (χ0v) is 18.2. The minimum absolute atomic E-state index is 0.0278. The van der Waals surface area contributed by atoms with E-state index in [1.54, 1.807) is 6.20 Å². The molecule has 0 saturated carbocycles. The first kappa shape index (κ1) is 20.4. The zero-order valence-electron chi connectivity index (χ0n) is 16.6. The quantitative estimate of drug-likeness (QED) is 0.765. The van der Waals surface area contributed by atoms with E-state index in [1.807, 2.05) is 11.0 Å². The maximum Gasteiger partial charge on any atom is 0.322 e. The van der Waals surface area contributed by atoms with Crippen molar-refractivity contribution in [1.29, 1.82) is 0 Å². The van der Waals surface area contributed by atoms with Crippen molar-refractivity contribution in [2.45, 2.75) is 26.3 Å². The summed E-state index contributed by atoms with van der Waals surface area (Å²) in [6.07, 6.45) is 2.84. The first-order valence-corrected chi connectivity index (χ1v) is 10.7. The molecule has 0 aromatic carbocycles. The van der Waals surface area contributed by atoms with Gasteiger partial charge < -0.3 is 20.0 Å². The van der Waals surface area contributed by atoms with E-state index in [1.165, 1.54) is 0 Å². The predicted octanol–water partition coefficient (Wildman–Crippen LogP) is 2.54. The first-order chi connectivity index (χ1) is 13.0. The fraction of sp³-hybridized carbons (Fsp3) is 0.684. The molecule has 2 aliphatic heterocycles. The number of hydrogen-bond donors (Lipinski definition) is 1. The highest BCUT2D eigenvalue weighted by molar-refractivity contribution is 9.10. The molecule has 8 heteroatoms. The standard InChI is InChI=1S/C19H31BrN6O/c1-4-24(5-2)16-6-7-26(14-16)19(27)22-17-12-15(20)13-21-18(17)25-10-8-23(3)9-11-25/h12-13,16H,4-11,14H2,1-3H3,(H,22,27). The van der Waals surface area contributed by atoms with Crippen LogP contribution in [-0.2, 0) is 0 Å². The number of hydrogen-bond acceptors (Lipinski definition) is 5. The van der Waals surface area contributed by atoms with E-state index in [0.717, 1.165) is 74.8 Å². The molecule has 0 radical (unpaired) electrons. The number of aromatic nitrogens is 1. The number of carbonyl (C=O) groups is 1. The molecule has 1 N–H and O–H groups in total. The summed E-state index contributed by atoms with van der Waals surface area (Å²) in [6.45, 7) is 11.9. The molecule has 3 heterocycles. The molecule has 27 heavy (non-hydrogen) atoms. The van der Waals surface area contributed by atoms with Crippen molar-refractivity contribution < 1.29 is 4.79 Å². The number of likely N-dealkylation sites (N-methyl/N-ethyl adjacent to an activating group) is 2. The Balaban J connectivity index is 1.68. The van der Waals surface area contributed by atoms with Gasteiger partial charge in [-0.05, 0) is 48.6 Å². The van der Waals surface area contributed by atoms with E-state index in [-0.39, 0.29) is 6.03 Å². The van der Waals surface area contributed by atoms with Gasteiger partial charge in [0.1, 0.15) is 0 Å². The van der Waals surface area contributed by atoms with Gasteiger partial charge >= 0.3 is 6.03 Å². The van der Waals surface area contributed by atoms with Crippen LogP contribution in [0.3, 0.4) is 0 Å². The molecule has 2 amide bonds. The van der Waals surface area contributed by atoms with Crippen molar-refractivity contribution in [2.75, 3.05) is 69.6 Å². The van der Waals surface area contributed by atoms with Crippen LogP contribution in [0.25, 0.3) is 0 Å². The fourth-order valence-corrected chi connectivity index (χ4v) is 4.28. The van der Waals surface area contributed by atoms with Crippen LogP contribution in [0, 0.1) is 0 Å². The third-order valence-electron chi connectivity index (χ3n) is 5.66. The zero-order chi connectivity index (χ0) is 19.4. The number of halogens is 1. The average Bonchev–Trinajstić information content (AvgIpc) is 3.14. The Bertz CT molecular complexity index is 645. The molecule has 0 bridgehead atoms.